The summed E-state index contributed by atoms with van der Waals surface area (Å²) in [6, 6.07) is 5.61. The van der Waals surface area contributed by atoms with Crippen LogP contribution in [0.15, 0.2) is 36.4 Å². The Morgan fingerprint density at radius 1 is 1.50 bits per heavy atom. The Morgan fingerprint density at radius 2 is 2.15 bits per heavy atom. The van der Waals surface area contributed by atoms with Gasteiger partial charge in [-0.25, -0.2) is 0 Å². The second kappa shape index (κ2) is 7.16. The lowest BCUT2D eigenvalue weighted by Crippen LogP contribution is -2.17. The van der Waals surface area contributed by atoms with Gasteiger partial charge in [0.05, 0.1) is 4.92 Å². The van der Waals surface area contributed by atoms with Gasteiger partial charge in [0.2, 0.25) is 0 Å². The molecule has 5 nitrogen and oxygen atoms in total. The van der Waals surface area contributed by atoms with Gasteiger partial charge in [0.1, 0.15) is 4.32 Å². The van der Waals surface area contributed by atoms with Crippen LogP contribution in [-0.2, 0) is 0 Å². The van der Waals surface area contributed by atoms with Crippen molar-refractivity contribution in [3.63, 3.8) is 0 Å². The quantitative estimate of drug-likeness (QED) is 0.274. The SMILES string of the molecule is C=C(CSC(=S)N(C)C)C(=O)c1cccc([N+](=O)[O-])c1. The molecule has 0 unspecified atom stereocenters. The number of nitrogens with zero attached hydrogens (tertiary/aromatic N) is 2. The summed E-state index contributed by atoms with van der Waals surface area (Å²) in [6.45, 7) is 3.72. The predicted octanol–water partition coefficient (Wildman–Crippen LogP) is 2.91. The smallest absolute Gasteiger partial charge is 0.270 e. The molecule has 0 amide bonds. The Balaban J connectivity index is 2.75. The molecule has 0 radical (unpaired) electrons. The summed E-state index contributed by atoms with van der Waals surface area (Å²) in [6.07, 6.45) is 0. The van der Waals surface area contributed by atoms with Crippen molar-refractivity contribution < 1.29 is 9.72 Å². The predicted molar refractivity (Wildman–Crippen MR) is 85.3 cm³/mol. The van der Waals surface area contributed by atoms with E-state index in [-0.39, 0.29) is 17.0 Å². The van der Waals surface area contributed by atoms with Crippen molar-refractivity contribution in [2.45, 2.75) is 0 Å². The van der Waals surface area contributed by atoms with E-state index >= 15 is 0 Å². The molecule has 0 aliphatic carbocycles. The molecule has 0 saturated heterocycles. The third kappa shape index (κ3) is 4.43. The van der Waals surface area contributed by atoms with E-state index in [1.165, 1.54) is 36.0 Å². The first-order valence-corrected chi connectivity index (χ1v) is 7.03. The molecule has 0 atom stereocenters. The molecule has 1 aromatic carbocycles. The monoisotopic (exact) mass is 310 g/mol. The summed E-state index contributed by atoms with van der Waals surface area (Å²) in [7, 11) is 3.64. The number of non-ortho nitro benzene ring substituents is 1. The molecule has 0 saturated carbocycles. The van der Waals surface area contributed by atoms with Crippen LogP contribution < -0.4 is 0 Å². The average Bonchev–Trinajstić information content (AvgIpc) is 2.43. The van der Waals surface area contributed by atoms with Crippen molar-refractivity contribution in [3.8, 4) is 0 Å². The lowest BCUT2D eigenvalue weighted by molar-refractivity contribution is -0.384. The molecular formula is C13H14N2O3S2. The summed E-state index contributed by atoms with van der Waals surface area (Å²) in [5, 5.41) is 10.7. The number of hydrogen-bond donors (Lipinski definition) is 0. The minimum absolute atomic E-state index is 0.111. The number of rotatable bonds is 5. The van der Waals surface area contributed by atoms with Crippen molar-refractivity contribution in [2.24, 2.45) is 0 Å². The molecule has 0 spiro atoms. The van der Waals surface area contributed by atoms with Gasteiger partial charge in [0.25, 0.3) is 5.69 Å². The van der Waals surface area contributed by atoms with Crippen LogP contribution in [0.1, 0.15) is 10.4 Å². The van der Waals surface area contributed by atoms with Crippen LogP contribution in [0.4, 0.5) is 5.69 Å². The molecule has 7 heteroatoms. The largest absolute Gasteiger partial charge is 0.364 e. The fourth-order valence-electron chi connectivity index (χ4n) is 1.31. The first-order valence-electron chi connectivity index (χ1n) is 5.64. The highest BCUT2D eigenvalue weighted by atomic mass is 32.2. The molecule has 0 aliphatic heterocycles. The van der Waals surface area contributed by atoms with Gasteiger partial charge in [-0.05, 0) is 0 Å². The van der Waals surface area contributed by atoms with Crippen LogP contribution in [0.25, 0.3) is 0 Å². The summed E-state index contributed by atoms with van der Waals surface area (Å²) in [5.41, 5.74) is 0.514. The fourth-order valence-corrected chi connectivity index (χ4v) is 2.17. The molecular weight excluding hydrogens is 296 g/mol. The van der Waals surface area contributed by atoms with Gasteiger partial charge >= 0.3 is 0 Å². The highest BCUT2D eigenvalue weighted by molar-refractivity contribution is 8.23. The summed E-state index contributed by atoms with van der Waals surface area (Å²) in [5.74, 6) is 0.0567. The van der Waals surface area contributed by atoms with Crippen molar-refractivity contribution in [3.05, 3.63) is 52.1 Å². The lowest BCUT2D eigenvalue weighted by Gasteiger charge is -2.13. The summed E-state index contributed by atoms with van der Waals surface area (Å²) >= 11 is 6.43. The second-order valence-corrected chi connectivity index (χ2v) is 5.80. The van der Waals surface area contributed by atoms with E-state index in [4.69, 9.17) is 12.2 Å². The van der Waals surface area contributed by atoms with Gasteiger partial charge in [-0.3, -0.25) is 14.9 Å². The second-order valence-electron chi connectivity index (χ2n) is 4.19. The third-order valence-electron chi connectivity index (χ3n) is 2.38. The number of thiocarbonyl (C=S) groups is 1. The van der Waals surface area contributed by atoms with Gasteiger partial charge in [-0.1, -0.05) is 42.7 Å². The molecule has 0 heterocycles. The van der Waals surface area contributed by atoms with Gasteiger partial charge in [0.15, 0.2) is 5.78 Å². The van der Waals surface area contributed by atoms with Crippen LogP contribution in [0.5, 0.6) is 0 Å². The van der Waals surface area contributed by atoms with Crippen molar-refractivity contribution in [2.75, 3.05) is 19.8 Å². The first kappa shape index (κ1) is 16.3. The highest BCUT2D eigenvalue weighted by Gasteiger charge is 2.15. The molecule has 0 aliphatic rings. The van der Waals surface area contributed by atoms with E-state index in [1.807, 2.05) is 14.1 Å². The third-order valence-corrected chi connectivity index (χ3v) is 4.20. The fraction of sp³-hybridized carbons (Fsp3) is 0.231. The zero-order valence-corrected chi connectivity index (χ0v) is 12.8. The van der Waals surface area contributed by atoms with Gasteiger partial charge < -0.3 is 4.90 Å². The summed E-state index contributed by atoms with van der Waals surface area (Å²) < 4.78 is 0.651. The molecule has 1 aromatic rings. The minimum atomic E-state index is -0.532. The van der Waals surface area contributed by atoms with E-state index < -0.39 is 4.92 Å². The molecule has 0 bridgehead atoms. The molecule has 106 valence electrons. The van der Waals surface area contributed by atoms with Crippen LogP contribution in [-0.4, -0.2) is 39.8 Å². The number of carbonyl (C=O) groups is 1. The zero-order valence-electron chi connectivity index (χ0n) is 11.2. The maximum absolute atomic E-state index is 12.1. The number of hydrogen-bond acceptors (Lipinski definition) is 5. The van der Waals surface area contributed by atoms with Crippen LogP contribution in [0.3, 0.4) is 0 Å². The van der Waals surface area contributed by atoms with E-state index in [2.05, 4.69) is 6.58 Å². The Morgan fingerprint density at radius 3 is 2.70 bits per heavy atom. The standard InChI is InChI=1S/C13H14N2O3S2/c1-9(8-20-13(19)14(2)3)12(16)10-5-4-6-11(7-10)15(17)18/h4-7H,1,8H2,2-3H3. The van der Waals surface area contributed by atoms with Gasteiger partial charge in [0, 0.05) is 43.1 Å². The average molecular weight is 310 g/mol. The van der Waals surface area contributed by atoms with Crippen molar-refractivity contribution >= 4 is 39.8 Å². The number of carbonyl (C=O) groups excluding carboxylic acids is 1. The number of Topliss-reactive ketones (excluding diaryl/α,β-unsaturated/α-hetero) is 1. The number of thioether (sulfide) groups is 1. The maximum Gasteiger partial charge on any atom is 0.270 e. The number of benzene rings is 1. The van der Waals surface area contributed by atoms with Crippen molar-refractivity contribution in [1.29, 1.82) is 0 Å². The molecule has 20 heavy (non-hydrogen) atoms. The van der Waals surface area contributed by atoms with Crippen LogP contribution in [0.2, 0.25) is 0 Å². The van der Waals surface area contributed by atoms with Crippen molar-refractivity contribution in [1.82, 2.24) is 4.90 Å². The Labute approximate surface area is 126 Å². The zero-order chi connectivity index (χ0) is 15.3. The summed E-state index contributed by atoms with van der Waals surface area (Å²) in [4.78, 5) is 24.0. The van der Waals surface area contributed by atoms with E-state index in [0.29, 0.717) is 15.6 Å². The van der Waals surface area contributed by atoms with E-state index in [9.17, 15) is 14.9 Å². The van der Waals surface area contributed by atoms with Crippen LogP contribution in [0, 0.1) is 10.1 Å². The Kier molecular flexibility index (Phi) is 5.84. The molecule has 0 aromatic heterocycles. The van der Waals surface area contributed by atoms with E-state index in [0.717, 1.165) is 0 Å². The van der Waals surface area contributed by atoms with E-state index in [1.54, 1.807) is 4.90 Å². The molecule has 0 fully saturated rings. The molecule has 1 rings (SSSR count). The number of nitro benzene ring substituents is 1. The van der Waals surface area contributed by atoms with Gasteiger partial charge in [-0.15, -0.1) is 0 Å². The Bertz CT molecular complexity index is 570. The molecule has 0 N–H and O–H groups in total. The topological polar surface area (TPSA) is 63.5 Å². The maximum atomic E-state index is 12.1. The van der Waals surface area contributed by atoms with Gasteiger partial charge in [-0.2, -0.15) is 0 Å². The normalized spacial score (nSPS) is 9.90. The first-order chi connectivity index (χ1) is 9.32. The Hall–Kier alpha value is -1.73. The highest BCUT2D eigenvalue weighted by Crippen LogP contribution is 2.18. The number of nitro groups is 1. The minimum Gasteiger partial charge on any atom is -0.364 e. The van der Waals surface area contributed by atoms with Crippen LogP contribution >= 0.6 is 24.0 Å². The lowest BCUT2D eigenvalue weighted by atomic mass is 10.1. The number of ketones is 1.